The molecule has 1 aliphatic carbocycles. The number of hydrogen-bond donors (Lipinski definition) is 1. The van der Waals surface area contributed by atoms with Crippen LogP contribution in [-0.2, 0) is 6.54 Å². The first kappa shape index (κ1) is 12.4. The molecule has 19 heavy (non-hydrogen) atoms. The maximum absolute atomic E-state index is 13.2. The number of benzene rings is 2. The summed E-state index contributed by atoms with van der Waals surface area (Å²) < 4.78 is 13.2. The Hall–Kier alpha value is -1.67. The third-order valence-corrected chi connectivity index (χ3v) is 3.67. The maximum Gasteiger partial charge on any atom is 0.123 e. The number of hydrogen-bond acceptors (Lipinski definition) is 1. The predicted octanol–water partition coefficient (Wildman–Crippen LogP) is 4.07. The highest BCUT2D eigenvalue weighted by atomic mass is 19.1. The zero-order chi connectivity index (χ0) is 13.1. The van der Waals surface area contributed by atoms with Crippen LogP contribution >= 0.6 is 0 Å². The van der Waals surface area contributed by atoms with Crippen molar-refractivity contribution in [2.45, 2.75) is 25.4 Å². The molecule has 0 spiro atoms. The highest BCUT2D eigenvalue weighted by Gasteiger charge is 2.31. The zero-order valence-corrected chi connectivity index (χ0v) is 10.9. The molecule has 0 amide bonds. The van der Waals surface area contributed by atoms with Crippen LogP contribution in [-0.4, -0.2) is 0 Å². The van der Waals surface area contributed by atoms with Crippen LogP contribution < -0.4 is 5.32 Å². The van der Waals surface area contributed by atoms with E-state index in [2.05, 4.69) is 29.6 Å². The Morgan fingerprint density at radius 2 is 1.84 bits per heavy atom. The van der Waals surface area contributed by atoms with Gasteiger partial charge in [-0.1, -0.05) is 42.5 Å². The lowest BCUT2D eigenvalue weighted by atomic mass is 10.0. The van der Waals surface area contributed by atoms with Gasteiger partial charge in [0.25, 0.3) is 0 Å². The van der Waals surface area contributed by atoms with Gasteiger partial charge in [0.05, 0.1) is 0 Å². The lowest BCUT2D eigenvalue weighted by Crippen LogP contribution is -2.22. The summed E-state index contributed by atoms with van der Waals surface area (Å²) >= 11 is 0. The van der Waals surface area contributed by atoms with Gasteiger partial charge >= 0.3 is 0 Å². The van der Waals surface area contributed by atoms with Crippen molar-refractivity contribution in [1.29, 1.82) is 0 Å². The van der Waals surface area contributed by atoms with Gasteiger partial charge in [0.15, 0.2) is 0 Å². The highest BCUT2D eigenvalue weighted by molar-refractivity contribution is 5.22. The molecule has 1 atom stereocenters. The average molecular weight is 255 g/mol. The molecule has 1 aliphatic rings. The molecule has 1 N–H and O–H groups in total. The summed E-state index contributed by atoms with van der Waals surface area (Å²) in [5.74, 6) is 0.568. The van der Waals surface area contributed by atoms with Crippen molar-refractivity contribution in [3.8, 4) is 0 Å². The minimum Gasteiger partial charge on any atom is -0.306 e. The van der Waals surface area contributed by atoms with Crippen molar-refractivity contribution in [2.75, 3.05) is 0 Å². The third kappa shape index (κ3) is 3.21. The molecule has 0 aromatic heterocycles. The fraction of sp³-hybridized carbons (Fsp3) is 0.294. The van der Waals surface area contributed by atoms with Gasteiger partial charge in [-0.3, -0.25) is 0 Å². The summed E-state index contributed by atoms with van der Waals surface area (Å²) in [7, 11) is 0. The van der Waals surface area contributed by atoms with E-state index in [1.54, 1.807) is 12.1 Å². The Bertz CT molecular complexity index is 534. The lowest BCUT2D eigenvalue weighted by molar-refractivity contribution is 0.479. The van der Waals surface area contributed by atoms with E-state index in [1.165, 1.54) is 24.5 Å². The van der Waals surface area contributed by atoms with Crippen LogP contribution in [0.15, 0.2) is 54.6 Å². The van der Waals surface area contributed by atoms with E-state index in [0.717, 1.165) is 11.5 Å². The molecular weight excluding hydrogens is 237 g/mol. The highest BCUT2D eigenvalue weighted by Crippen LogP contribution is 2.41. The van der Waals surface area contributed by atoms with Gasteiger partial charge in [-0.2, -0.15) is 0 Å². The van der Waals surface area contributed by atoms with E-state index in [0.29, 0.717) is 12.6 Å². The van der Waals surface area contributed by atoms with E-state index in [-0.39, 0.29) is 5.82 Å². The molecule has 2 aromatic rings. The quantitative estimate of drug-likeness (QED) is 0.849. The second-order valence-electron chi connectivity index (χ2n) is 5.24. The minimum atomic E-state index is -0.165. The second-order valence-corrected chi connectivity index (χ2v) is 5.24. The Balaban J connectivity index is 1.69. The number of halogens is 1. The topological polar surface area (TPSA) is 12.0 Å². The summed E-state index contributed by atoms with van der Waals surface area (Å²) in [6, 6.07) is 17.7. The van der Waals surface area contributed by atoms with E-state index >= 15 is 0 Å². The Morgan fingerprint density at radius 3 is 2.53 bits per heavy atom. The van der Waals surface area contributed by atoms with Crippen LogP contribution in [0, 0.1) is 11.7 Å². The molecule has 2 heteroatoms. The fourth-order valence-electron chi connectivity index (χ4n) is 2.52. The minimum absolute atomic E-state index is 0.165. The first-order chi connectivity index (χ1) is 9.33. The first-order valence-corrected chi connectivity index (χ1v) is 6.86. The second kappa shape index (κ2) is 5.54. The zero-order valence-electron chi connectivity index (χ0n) is 10.9. The van der Waals surface area contributed by atoms with Crippen molar-refractivity contribution in [2.24, 2.45) is 5.92 Å². The molecule has 1 nitrogen and oxygen atoms in total. The van der Waals surface area contributed by atoms with Crippen LogP contribution in [0.4, 0.5) is 4.39 Å². The molecule has 0 heterocycles. The predicted molar refractivity (Wildman–Crippen MR) is 75.1 cm³/mol. The molecule has 1 unspecified atom stereocenters. The average Bonchev–Trinajstić information content (AvgIpc) is 3.25. The van der Waals surface area contributed by atoms with Crippen LogP contribution in [0.2, 0.25) is 0 Å². The molecule has 3 rings (SSSR count). The summed E-state index contributed by atoms with van der Waals surface area (Å²) in [4.78, 5) is 0. The summed E-state index contributed by atoms with van der Waals surface area (Å²) in [6.45, 7) is 0.716. The molecule has 0 aliphatic heterocycles. The molecule has 0 bridgehead atoms. The van der Waals surface area contributed by atoms with Crippen LogP contribution in [0.1, 0.15) is 30.0 Å². The third-order valence-electron chi connectivity index (χ3n) is 3.67. The molecule has 0 saturated heterocycles. The molecule has 2 aromatic carbocycles. The SMILES string of the molecule is Fc1cccc(CNC(c2ccccc2)C2CC2)c1. The van der Waals surface area contributed by atoms with Crippen molar-refractivity contribution < 1.29 is 4.39 Å². The normalized spacial score (nSPS) is 16.3. The van der Waals surface area contributed by atoms with Crippen LogP contribution in [0.25, 0.3) is 0 Å². The van der Waals surface area contributed by atoms with Gasteiger partial charge < -0.3 is 5.32 Å². The molecule has 1 fully saturated rings. The van der Waals surface area contributed by atoms with Crippen molar-refractivity contribution in [1.82, 2.24) is 5.32 Å². The first-order valence-electron chi connectivity index (χ1n) is 6.86. The van der Waals surface area contributed by atoms with Crippen molar-refractivity contribution >= 4 is 0 Å². The molecule has 98 valence electrons. The lowest BCUT2D eigenvalue weighted by Gasteiger charge is -2.19. The van der Waals surface area contributed by atoms with E-state index in [1.807, 2.05) is 12.1 Å². The maximum atomic E-state index is 13.2. The Labute approximate surface area is 113 Å². The summed E-state index contributed by atoms with van der Waals surface area (Å²) in [5.41, 5.74) is 2.34. The fourth-order valence-corrected chi connectivity index (χ4v) is 2.52. The number of rotatable bonds is 5. The molecule has 0 radical (unpaired) electrons. The summed E-state index contributed by atoms with van der Waals surface area (Å²) in [6.07, 6.45) is 2.57. The molecular formula is C17H18FN. The Kier molecular flexibility index (Phi) is 3.60. The van der Waals surface area contributed by atoms with Gasteiger partial charge in [0, 0.05) is 12.6 Å². The summed E-state index contributed by atoms with van der Waals surface area (Å²) in [5, 5.41) is 3.57. The van der Waals surface area contributed by atoms with E-state index in [4.69, 9.17) is 0 Å². The standard InChI is InChI=1S/C17H18FN/c18-16-8-4-5-13(11-16)12-19-17(15-9-10-15)14-6-2-1-3-7-14/h1-8,11,15,17,19H,9-10,12H2. The van der Waals surface area contributed by atoms with Gasteiger partial charge in [0.2, 0.25) is 0 Å². The van der Waals surface area contributed by atoms with Crippen LogP contribution in [0.5, 0.6) is 0 Å². The van der Waals surface area contributed by atoms with Gasteiger partial charge in [-0.15, -0.1) is 0 Å². The van der Waals surface area contributed by atoms with Crippen molar-refractivity contribution in [3.05, 3.63) is 71.5 Å². The van der Waals surface area contributed by atoms with Crippen LogP contribution in [0.3, 0.4) is 0 Å². The van der Waals surface area contributed by atoms with Gasteiger partial charge in [0.1, 0.15) is 5.82 Å². The molecule has 1 saturated carbocycles. The van der Waals surface area contributed by atoms with Crippen molar-refractivity contribution in [3.63, 3.8) is 0 Å². The smallest absolute Gasteiger partial charge is 0.123 e. The Morgan fingerprint density at radius 1 is 1.05 bits per heavy atom. The van der Waals surface area contributed by atoms with E-state index < -0.39 is 0 Å². The largest absolute Gasteiger partial charge is 0.306 e. The van der Waals surface area contributed by atoms with Gasteiger partial charge in [-0.25, -0.2) is 4.39 Å². The number of nitrogens with one attached hydrogen (secondary N) is 1. The van der Waals surface area contributed by atoms with E-state index in [9.17, 15) is 4.39 Å². The monoisotopic (exact) mass is 255 g/mol. The van der Waals surface area contributed by atoms with Gasteiger partial charge in [-0.05, 0) is 42.0 Å².